The van der Waals surface area contributed by atoms with Gasteiger partial charge in [0.15, 0.2) is 0 Å². The molecule has 120 valence electrons. The summed E-state index contributed by atoms with van der Waals surface area (Å²) >= 11 is 0. The van der Waals surface area contributed by atoms with E-state index < -0.39 is 0 Å². The van der Waals surface area contributed by atoms with Crippen molar-refractivity contribution in [2.24, 2.45) is 5.73 Å². The van der Waals surface area contributed by atoms with E-state index in [-0.39, 0.29) is 0 Å². The van der Waals surface area contributed by atoms with Crippen LogP contribution in [0, 0.1) is 0 Å². The third-order valence-electron chi connectivity index (χ3n) is 3.45. The van der Waals surface area contributed by atoms with Gasteiger partial charge in [0, 0.05) is 18.2 Å². The molecule has 0 saturated carbocycles. The maximum absolute atomic E-state index is 5.51. The van der Waals surface area contributed by atoms with E-state index in [0.717, 1.165) is 62.6 Å². The first-order valence-electron chi connectivity index (χ1n) is 7.51. The number of hydrogen-bond acceptors (Lipinski definition) is 5. The molecule has 1 aromatic rings. The van der Waals surface area contributed by atoms with Gasteiger partial charge in [-0.2, -0.15) is 0 Å². The van der Waals surface area contributed by atoms with E-state index in [1.54, 1.807) is 14.2 Å². The molecule has 0 atom stereocenters. The molecule has 3 N–H and O–H groups in total. The standard InChI is InChI=1S/C16H29N3O2/c1-19(10-4-8-17)11-5-9-18-13-14-6-7-15(20-2)12-16(14)21-3/h6-7,12,18H,4-5,8-11,13,17H2,1-3H3. The molecule has 0 radical (unpaired) electrons. The summed E-state index contributed by atoms with van der Waals surface area (Å²) in [4.78, 5) is 2.32. The van der Waals surface area contributed by atoms with Gasteiger partial charge in [-0.3, -0.25) is 0 Å². The van der Waals surface area contributed by atoms with Gasteiger partial charge in [-0.25, -0.2) is 0 Å². The summed E-state index contributed by atoms with van der Waals surface area (Å²) in [7, 11) is 5.49. The minimum Gasteiger partial charge on any atom is -0.497 e. The smallest absolute Gasteiger partial charge is 0.127 e. The predicted molar refractivity (Wildman–Crippen MR) is 87.0 cm³/mol. The van der Waals surface area contributed by atoms with E-state index in [9.17, 15) is 0 Å². The molecule has 1 rings (SSSR count). The van der Waals surface area contributed by atoms with E-state index in [4.69, 9.17) is 15.2 Å². The Labute approximate surface area is 128 Å². The predicted octanol–water partition coefficient (Wildman–Crippen LogP) is 1.46. The maximum atomic E-state index is 5.51. The van der Waals surface area contributed by atoms with E-state index in [0.29, 0.717) is 0 Å². The Morgan fingerprint density at radius 2 is 1.90 bits per heavy atom. The van der Waals surface area contributed by atoms with Crippen molar-refractivity contribution < 1.29 is 9.47 Å². The van der Waals surface area contributed by atoms with Gasteiger partial charge >= 0.3 is 0 Å². The van der Waals surface area contributed by atoms with E-state index in [1.165, 1.54) is 0 Å². The van der Waals surface area contributed by atoms with Gasteiger partial charge < -0.3 is 25.4 Å². The number of hydrogen-bond donors (Lipinski definition) is 2. The van der Waals surface area contributed by atoms with Crippen molar-refractivity contribution in [3.05, 3.63) is 23.8 Å². The first kappa shape index (κ1) is 17.8. The molecule has 0 fully saturated rings. The van der Waals surface area contributed by atoms with Crippen molar-refractivity contribution in [1.82, 2.24) is 10.2 Å². The summed E-state index contributed by atoms with van der Waals surface area (Å²) in [6.45, 7) is 4.72. The minimum atomic E-state index is 0.764. The highest BCUT2D eigenvalue weighted by atomic mass is 16.5. The molecule has 0 aliphatic heterocycles. The van der Waals surface area contributed by atoms with Crippen LogP contribution in [-0.2, 0) is 6.54 Å². The third-order valence-corrected chi connectivity index (χ3v) is 3.45. The zero-order valence-corrected chi connectivity index (χ0v) is 13.5. The van der Waals surface area contributed by atoms with Gasteiger partial charge in [0.2, 0.25) is 0 Å². The van der Waals surface area contributed by atoms with Crippen molar-refractivity contribution >= 4 is 0 Å². The fraction of sp³-hybridized carbons (Fsp3) is 0.625. The SMILES string of the molecule is COc1ccc(CNCCCN(C)CCCN)c(OC)c1. The summed E-state index contributed by atoms with van der Waals surface area (Å²) in [5.41, 5.74) is 6.65. The zero-order valence-electron chi connectivity index (χ0n) is 13.5. The lowest BCUT2D eigenvalue weighted by molar-refractivity contribution is 0.324. The molecule has 0 bridgehead atoms. The highest BCUT2D eigenvalue weighted by Gasteiger charge is 2.04. The molecule has 5 nitrogen and oxygen atoms in total. The van der Waals surface area contributed by atoms with Crippen LogP contribution in [0.5, 0.6) is 11.5 Å². The lowest BCUT2D eigenvalue weighted by atomic mass is 10.2. The Bertz CT molecular complexity index is 399. The highest BCUT2D eigenvalue weighted by molar-refractivity contribution is 5.40. The van der Waals surface area contributed by atoms with Crippen LogP contribution >= 0.6 is 0 Å². The van der Waals surface area contributed by atoms with Gasteiger partial charge in [0.1, 0.15) is 11.5 Å². The van der Waals surface area contributed by atoms with Crippen LogP contribution in [0.1, 0.15) is 18.4 Å². The number of nitrogens with two attached hydrogens (primary N) is 1. The Kier molecular flexibility index (Phi) is 8.82. The number of rotatable bonds is 11. The Morgan fingerprint density at radius 3 is 2.57 bits per heavy atom. The van der Waals surface area contributed by atoms with E-state index in [1.807, 2.05) is 18.2 Å². The quantitative estimate of drug-likeness (QED) is 0.605. The zero-order chi connectivity index (χ0) is 15.5. The van der Waals surface area contributed by atoms with Crippen LogP contribution in [0.15, 0.2) is 18.2 Å². The Morgan fingerprint density at radius 1 is 1.14 bits per heavy atom. The molecule has 1 aromatic carbocycles. The maximum Gasteiger partial charge on any atom is 0.127 e. The lowest BCUT2D eigenvalue weighted by Crippen LogP contribution is -2.26. The Hall–Kier alpha value is -1.30. The van der Waals surface area contributed by atoms with Crippen LogP contribution in [0.2, 0.25) is 0 Å². The normalized spacial score (nSPS) is 10.9. The molecule has 5 heteroatoms. The van der Waals surface area contributed by atoms with Gasteiger partial charge in [-0.15, -0.1) is 0 Å². The van der Waals surface area contributed by atoms with Crippen LogP contribution in [0.25, 0.3) is 0 Å². The number of benzene rings is 1. The topological polar surface area (TPSA) is 59.8 Å². The van der Waals surface area contributed by atoms with Gasteiger partial charge in [-0.05, 0) is 52.1 Å². The second-order valence-electron chi connectivity index (χ2n) is 5.15. The van der Waals surface area contributed by atoms with Crippen LogP contribution in [-0.4, -0.2) is 52.3 Å². The fourth-order valence-corrected chi connectivity index (χ4v) is 2.17. The van der Waals surface area contributed by atoms with Gasteiger partial charge in [0.25, 0.3) is 0 Å². The minimum absolute atomic E-state index is 0.764. The number of methoxy groups -OCH3 is 2. The van der Waals surface area contributed by atoms with Crippen LogP contribution < -0.4 is 20.5 Å². The summed E-state index contributed by atoms with van der Waals surface area (Å²) in [5.74, 6) is 1.68. The van der Waals surface area contributed by atoms with Crippen molar-refractivity contribution in [3.63, 3.8) is 0 Å². The number of nitrogens with zero attached hydrogens (tertiary/aromatic N) is 1. The largest absolute Gasteiger partial charge is 0.497 e. The third kappa shape index (κ3) is 6.80. The average Bonchev–Trinajstić information content (AvgIpc) is 2.52. The number of nitrogens with one attached hydrogen (secondary N) is 1. The van der Waals surface area contributed by atoms with Gasteiger partial charge in [-0.1, -0.05) is 6.07 Å². The van der Waals surface area contributed by atoms with Crippen LogP contribution in [0.4, 0.5) is 0 Å². The number of ether oxygens (including phenoxy) is 2. The first-order chi connectivity index (χ1) is 10.2. The summed E-state index contributed by atoms with van der Waals surface area (Å²) < 4.78 is 10.6. The average molecular weight is 295 g/mol. The second kappa shape index (κ2) is 10.4. The fourth-order valence-electron chi connectivity index (χ4n) is 2.17. The lowest BCUT2D eigenvalue weighted by Gasteiger charge is -2.16. The molecule has 0 amide bonds. The van der Waals surface area contributed by atoms with Crippen molar-refractivity contribution in [2.45, 2.75) is 19.4 Å². The van der Waals surface area contributed by atoms with E-state index >= 15 is 0 Å². The molecular formula is C16H29N3O2. The molecule has 21 heavy (non-hydrogen) atoms. The molecule has 0 aliphatic carbocycles. The molecule has 0 heterocycles. The highest BCUT2D eigenvalue weighted by Crippen LogP contribution is 2.24. The molecular weight excluding hydrogens is 266 g/mol. The monoisotopic (exact) mass is 295 g/mol. The molecule has 0 unspecified atom stereocenters. The summed E-state index contributed by atoms with van der Waals surface area (Å²) in [5, 5.41) is 3.45. The van der Waals surface area contributed by atoms with Crippen molar-refractivity contribution in [1.29, 1.82) is 0 Å². The van der Waals surface area contributed by atoms with Crippen LogP contribution in [0.3, 0.4) is 0 Å². The van der Waals surface area contributed by atoms with E-state index in [2.05, 4.69) is 17.3 Å². The molecule has 0 spiro atoms. The summed E-state index contributed by atoms with van der Waals surface area (Å²) in [6.07, 6.45) is 2.19. The molecule has 0 aliphatic rings. The first-order valence-corrected chi connectivity index (χ1v) is 7.51. The van der Waals surface area contributed by atoms with Crippen molar-refractivity contribution in [3.8, 4) is 11.5 Å². The Balaban J connectivity index is 2.26. The summed E-state index contributed by atoms with van der Waals surface area (Å²) in [6, 6.07) is 5.91. The van der Waals surface area contributed by atoms with Gasteiger partial charge in [0.05, 0.1) is 14.2 Å². The van der Waals surface area contributed by atoms with Crippen molar-refractivity contribution in [2.75, 3.05) is 47.4 Å². The molecule has 0 aromatic heterocycles. The second-order valence-corrected chi connectivity index (χ2v) is 5.15. The molecule has 0 saturated heterocycles.